The van der Waals surface area contributed by atoms with Crippen molar-refractivity contribution in [3.63, 3.8) is 0 Å². The number of rotatable bonds is 5. The summed E-state index contributed by atoms with van der Waals surface area (Å²) in [4.78, 5) is 17.3. The lowest BCUT2D eigenvalue weighted by Crippen LogP contribution is -2.22. The number of nitro groups is 1. The number of hydrogen-bond acceptors (Lipinski definition) is 5. The second-order valence-electron chi connectivity index (χ2n) is 5.90. The topological polar surface area (TPSA) is 68.5 Å². The molecule has 0 aliphatic heterocycles. The van der Waals surface area contributed by atoms with E-state index in [1.54, 1.807) is 12.3 Å². The Balaban J connectivity index is 2.03. The molecular weight excluding hydrogens is 306 g/mol. The number of methoxy groups -OCH3 is 1. The van der Waals surface area contributed by atoms with E-state index in [0.29, 0.717) is 16.7 Å². The van der Waals surface area contributed by atoms with Gasteiger partial charge in [0.05, 0.1) is 18.1 Å². The minimum atomic E-state index is -0.433. The minimum absolute atomic E-state index is 0.0491. The predicted molar refractivity (Wildman–Crippen MR) is 92.0 cm³/mol. The first-order valence-corrected chi connectivity index (χ1v) is 7.51. The fraction of sp³-hybridized carbons (Fsp3) is 0.222. The first-order valence-electron chi connectivity index (χ1n) is 7.51. The number of fused-ring (bicyclic) bond motifs is 1. The van der Waals surface area contributed by atoms with Crippen molar-refractivity contribution in [2.24, 2.45) is 0 Å². The molecule has 0 amide bonds. The molecule has 1 aliphatic rings. The predicted octanol–water partition coefficient (Wildman–Crippen LogP) is 2.84. The SMILES string of the molecule is COc1cc([N+](=O)[O-])c2ncc([C]3[CH][CH][CH][C]3CN(C)C)cc2c1. The van der Waals surface area contributed by atoms with Gasteiger partial charge in [0, 0.05) is 30.0 Å². The van der Waals surface area contributed by atoms with Gasteiger partial charge in [-0.25, -0.2) is 4.98 Å². The highest BCUT2D eigenvalue weighted by Gasteiger charge is 2.31. The van der Waals surface area contributed by atoms with Gasteiger partial charge in [-0.1, -0.05) is 0 Å². The summed E-state index contributed by atoms with van der Waals surface area (Å²) in [5.74, 6) is 2.73. The van der Waals surface area contributed by atoms with Gasteiger partial charge in [0.1, 0.15) is 11.3 Å². The molecule has 5 radical (unpaired) electrons. The first-order chi connectivity index (χ1) is 11.5. The molecule has 1 aliphatic carbocycles. The first kappa shape index (κ1) is 16.6. The molecule has 0 unspecified atom stereocenters. The van der Waals surface area contributed by atoms with Crippen molar-refractivity contribution in [3.8, 4) is 5.75 Å². The Kier molecular flexibility index (Phi) is 4.66. The Hall–Kier alpha value is -2.21. The molecule has 0 N–H and O–H groups in total. The van der Waals surface area contributed by atoms with E-state index in [4.69, 9.17) is 4.74 Å². The molecule has 1 aromatic carbocycles. The molecule has 1 heterocycles. The Labute approximate surface area is 141 Å². The largest absolute Gasteiger partial charge is 0.496 e. The summed E-state index contributed by atoms with van der Waals surface area (Å²) in [7, 11) is 5.53. The highest BCUT2D eigenvalue weighted by molar-refractivity contribution is 5.89. The highest BCUT2D eigenvalue weighted by Crippen LogP contribution is 2.40. The molecule has 1 aromatic heterocycles. The maximum Gasteiger partial charge on any atom is 0.299 e. The van der Waals surface area contributed by atoms with E-state index < -0.39 is 4.92 Å². The van der Waals surface area contributed by atoms with E-state index in [1.165, 1.54) is 19.1 Å². The third-order valence-corrected chi connectivity index (χ3v) is 3.87. The van der Waals surface area contributed by atoms with Crippen molar-refractivity contribution in [3.05, 3.63) is 71.2 Å². The summed E-state index contributed by atoms with van der Waals surface area (Å²) in [5, 5.41) is 12.0. The number of aromatic nitrogens is 1. The van der Waals surface area contributed by atoms with E-state index in [2.05, 4.69) is 16.3 Å². The van der Waals surface area contributed by atoms with Gasteiger partial charge in [0.2, 0.25) is 0 Å². The van der Waals surface area contributed by atoms with Crippen LogP contribution >= 0.6 is 0 Å². The van der Waals surface area contributed by atoms with Gasteiger partial charge in [-0.15, -0.1) is 0 Å². The smallest absolute Gasteiger partial charge is 0.299 e. The van der Waals surface area contributed by atoms with Gasteiger partial charge in [-0.3, -0.25) is 10.1 Å². The molecule has 2 aromatic rings. The van der Waals surface area contributed by atoms with Crippen molar-refractivity contribution in [2.45, 2.75) is 0 Å². The molecule has 123 valence electrons. The average molecular weight is 324 g/mol. The molecule has 1 saturated carbocycles. The van der Waals surface area contributed by atoms with Crippen LogP contribution in [0.5, 0.6) is 5.75 Å². The molecule has 0 atom stereocenters. The average Bonchev–Trinajstić information content (AvgIpc) is 3.00. The summed E-state index contributed by atoms with van der Waals surface area (Å²) < 4.78 is 5.18. The maximum atomic E-state index is 11.3. The number of nitrogens with zero attached hydrogens (tertiary/aromatic N) is 3. The monoisotopic (exact) mass is 324 g/mol. The molecule has 24 heavy (non-hydrogen) atoms. The summed E-state index contributed by atoms with van der Waals surface area (Å²) >= 11 is 0. The molecule has 1 fully saturated rings. The normalized spacial score (nSPS) is 16.2. The Bertz CT molecular complexity index is 761. The Morgan fingerprint density at radius 3 is 2.71 bits per heavy atom. The van der Waals surface area contributed by atoms with Crippen LogP contribution in [-0.4, -0.2) is 42.6 Å². The quantitative estimate of drug-likeness (QED) is 0.625. The van der Waals surface area contributed by atoms with Crippen LogP contribution in [0, 0.1) is 41.2 Å². The van der Waals surface area contributed by atoms with Gasteiger partial charge in [0.25, 0.3) is 5.69 Å². The molecule has 0 saturated heterocycles. The molecule has 3 rings (SSSR count). The fourth-order valence-corrected chi connectivity index (χ4v) is 2.83. The molecule has 0 spiro atoms. The minimum Gasteiger partial charge on any atom is -0.496 e. The van der Waals surface area contributed by atoms with Crippen LogP contribution < -0.4 is 4.74 Å². The van der Waals surface area contributed by atoms with Gasteiger partial charge in [-0.05, 0) is 51.1 Å². The van der Waals surface area contributed by atoms with Crippen LogP contribution in [-0.2, 0) is 0 Å². The van der Waals surface area contributed by atoms with Crippen molar-refractivity contribution in [1.82, 2.24) is 9.88 Å². The van der Waals surface area contributed by atoms with Crippen molar-refractivity contribution < 1.29 is 9.66 Å². The van der Waals surface area contributed by atoms with Gasteiger partial charge in [0.15, 0.2) is 0 Å². The highest BCUT2D eigenvalue weighted by atomic mass is 16.6. The third-order valence-electron chi connectivity index (χ3n) is 3.87. The fourth-order valence-electron chi connectivity index (χ4n) is 2.83. The Morgan fingerprint density at radius 1 is 1.25 bits per heavy atom. The van der Waals surface area contributed by atoms with Crippen LogP contribution in [0.2, 0.25) is 0 Å². The number of ether oxygens (including phenoxy) is 1. The zero-order valence-corrected chi connectivity index (χ0v) is 13.8. The molecule has 6 nitrogen and oxygen atoms in total. The standard InChI is InChI=1S/C18H18N3O3/c1-20(2)11-12-5-4-6-16(12)14-7-13-8-15(24-3)9-17(21(22)23)18(13)19-10-14/h4-10H,11H2,1-3H3. The summed E-state index contributed by atoms with van der Waals surface area (Å²) in [6.45, 7) is 0.818. The summed E-state index contributed by atoms with van der Waals surface area (Å²) in [6, 6.07) is 5.09. The van der Waals surface area contributed by atoms with Gasteiger partial charge >= 0.3 is 0 Å². The second kappa shape index (κ2) is 6.73. The third kappa shape index (κ3) is 3.19. The number of non-ortho nitro benzene ring substituents is 1. The number of hydrogen-bond donors (Lipinski definition) is 0. The van der Waals surface area contributed by atoms with E-state index >= 15 is 0 Å². The van der Waals surface area contributed by atoms with Crippen molar-refractivity contribution in [2.75, 3.05) is 27.7 Å². The van der Waals surface area contributed by atoms with E-state index in [9.17, 15) is 10.1 Å². The summed E-state index contributed by atoms with van der Waals surface area (Å²) in [6.07, 6.45) is 7.81. The number of nitro benzene ring substituents is 1. The maximum absolute atomic E-state index is 11.3. The van der Waals surface area contributed by atoms with Crippen LogP contribution in [0.15, 0.2) is 24.4 Å². The zero-order valence-electron chi connectivity index (χ0n) is 13.8. The van der Waals surface area contributed by atoms with E-state index in [0.717, 1.165) is 18.0 Å². The van der Waals surface area contributed by atoms with E-state index in [1.807, 2.05) is 33.0 Å². The van der Waals surface area contributed by atoms with Crippen molar-refractivity contribution >= 4 is 16.6 Å². The molecular formula is C18H18N3O3. The number of pyridine rings is 1. The number of benzene rings is 1. The van der Waals surface area contributed by atoms with Gasteiger partial charge < -0.3 is 9.64 Å². The van der Waals surface area contributed by atoms with Crippen LogP contribution in [0.25, 0.3) is 10.9 Å². The van der Waals surface area contributed by atoms with E-state index in [-0.39, 0.29) is 5.69 Å². The zero-order chi connectivity index (χ0) is 17.3. The molecule has 6 heteroatoms. The van der Waals surface area contributed by atoms with Crippen LogP contribution in [0.3, 0.4) is 0 Å². The van der Waals surface area contributed by atoms with Gasteiger partial charge in [-0.2, -0.15) is 0 Å². The second-order valence-corrected chi connectivity index (χ2v) is 5.90. The molecule has 0 bridgehead atoms. The van der Waals surface area contributed by atoms with Crippen LogP contribution in [0.4, 0.5) is 5.69 Å². The lowest BCUT2D eigenvalue weighted by molar-refractivity contribution is -0.383. The van der Waals surface area contributed by atoms with Crippen molar-refractivity contribution in [1.29, 1.82) is 0 Å². The lowest BCUT2D eigenvalue weighted by atomic mass is 9.89. The lowest BCUT2D eigenvalue weighted by Gasteiger charge is -2.22. The van der Waals surface area contributed by atoms with Crippen LogP contribution in [0.1, 0.15) is 5.56 Å². The summed E-state index contributed by atoms with van der Waals surface area (Å²) in [5.41, 5.74) is 1.25. The Morgan fingerprint density at radius 2 is 2.04 bits per heavy atom.